The summed E-state index contributed by atoms with van der Waals surface area (Å²) < 4.78 is 38.4. The van der Waals surface area contributed by atoms with Gasteiger partial charge in [0.05, 0.1) is 47.6 Å². The summed E-state index contributed by atoms with van der Waals surface area (Å²) in [7, 11) is 3.10. The summed E-state index contributed by atoms with van der Waals surface area (Å²) in [6.45, 7) is 5.44. The van der Waals surface area contributed by atoms with Crippen molar-refractivity contribution >= 4 is 47.1 Å². The fraction of sp³-hybridized carbons (Fsp3) is 0.160. The van der Waals surface area contributed by atoms with E-state index in [1.807, 2.05) is 6.92 Å². The Kier molecular flexibility index (Phi) is 15.4. The Balaban J connectivity index is 0.960. The average molecular weight is 881 g/mol. The van der Waals surface area contributed by atoms with E-state index in [-0.39, 0.29) is 57.3 Å². The molecule has 0 saturated carbocycles. The second-order valence-electron chi connectivity index (χ2n) is 14.4. The van der Waals surface area contributed by atoms with E-state index in [4.69, 9.17) is 33.2 Å². The van der Waals surface area contributed by atoms with E-state index in [2.05, 4.69) is 10.6 Å². The highest BCUT2D eigenvalue weighted by molar-refractivity contribution is 6.06. The Labute approximate surface area is 374 Å². The van der Waals surface area contributed by atoms with E-state index in [1.165, 1.54) is 105 Å². The summed E-state index contributed by atoms with van der Waals surface area (Å²) in [5.41, 5.74) is 2.65. The van der Waals surface area contributed by atoms with Crippen LogP contribution >= 0.6 is 0 Å². The first-order valence-corrected chi connectivity index (χ1v) is 20.1. The van der Waals surface area contributed by atoms with Gasteiger partial charge >= 0.3 is 23.9 Å². The van der Waals surface area contributed by atoms with Gasteiger partial charge in [-0.15, -0.1) is 0 Å². The van der Waals surface area contributed by atoms with E-state index in [0.29, 0.717) is 47.0 Å². The minimum Gasteiger partial charge on any atom is -0.496 e. The number of hydrogen-bond acceptors (Lipinski definition) is 13. The minimum atomic E-state index is -0.679. The van der Waals surface area contributed by atoms with E-state index >= 15 is 0 Å². The van der Waals surface area contributed by atoms with Crippen LogP contribution in [0.15, 0.2) is 133 Å². The molecule has 332 valence electrons. The van der Waals surface area contributed by atoms with Gasteiger partial charge in [-0.3, -0.25) is 9.59 Å². The first kappa shape index (κ1) is 46.2. The van der Waals surface area contributed by atoms with Gasteiger partial charge in [0, 0.05) is 37.9 Å². The third kappa shape index (κ3) is 12.9. The van der Waals surface area contributed by atoms with Crippen molar-refractivity contribution in [1.82, 2.24) is 0 Å². The lowest BCUT2D eigenvalue weighted by Crippen LogP contribution is -2.14. The summed E-state index contributed by atoms with van der Waals surface area (Å²) in [6, 6.07) is 33.4. The molecule has 6 aromatic carbocycles. The van der Waals surface area contributed by atoms with Gasteiger partial charge in [0.25, 0.3) is 5.91 Å². The van der Waals surface area contributed by atoms with Crippen LogP contribution in [0.5, 0.6) is 34.5 Å². The first-order valence-electron chi connectivity index (χ1n) is 20.1. The predicted octanol–water partition coefficient (Wildman–Crippen LogP) is 8.89. The summed E-state index contributed by atoms with van der Waals surface area (Å²) >= 11 is 0. The summed E-state index contributed by atoms with van der Waals surface area (Å²) in [6.07, 6.45) is 0.749. The van der Waals surface area contributed by atoms with Gasteiger partial charge < -0.3 is 43.8 Å². The number of hydrogen-bond donors (Lipinski definition) is 2. The first-order chi connectivity index (χ1) is 31.3. The van der Waals surface area contributed by atoms with Crippen LogP contribution in [0.25, 0.3) is 0 Å². The number of esters is 4. The molecule has 0 spiro atoms. The quantitative estimate of drug-likeness (QED) is 0.0653. The predicted molar refractivity (Wildman–Crippen MR) is 239 cm³/mol. The van der Waals surface area contributed by atoms with Crippen molar-refractivity contribution in [2.75, 3.05) is 31.5 Å². The largest absolute Gasteiger partial charge is 0.496 e. The number of aryl methyl sites for hydroxylation is 1. The molecule has 15 heteroatoms. The van der Waals surface area contributed by atoms with Gasteiger partial charge in [0.2, 0.25) is 5.91 Å². The van der Waals surface area contributed by atoms with E-state index < -0.39 is 29.8 Å². The molecule has 2 amide bonds. The monoisotopic (exact) mass is 880 g/mol. The molecule has 0 aliphatic rings. The second-order valence-corrected chi connectivity index (χ2v) is 14.4. The van der Waals surface area contributed by atoms with Crippen LogP contribution in [0.4, 0.5) is 11.4 Å². The Bertz CT molecular complexity index is 2680. The molecule has 1 unspecified atom stereocenters. The molecular formula is C50H44N2O13. The SMILES string of the molecule is COc1cc(OCCC(C)OC)ccc1C(=O)Nc1ccc(C(=O)Oc2ccc(C(=O)Oc3ccc(OC(=O)c4ccc(OC(=O)c5ccc(NC(C)=O)cc5)cc4)c(C)c3)cc2)cc1. The molecule has 2 N–H and O–H groups in total. The van der Waals surface area contributed by atoms with Crippen molar-refractivity contribution in [1.29, 1.82) is 0 Å². The fourth-order valence-corrected chi connectivity index (χ4v) is 5.97. The molecule has 0 fully saturated rings. The number of carbonyl (C=O) groups is 6. The standard InChI is InChI=1S/C50H44N2O13/c1-30-28-42(23-25-44(30)65-50(58)36-12-20-40(21-13-36)63-47(55)33-6-14-37(15-7-33)51-32(3)53)64-49(57)35-10-18-39(19-11-35)62-48(56)34-8-16-38(17-9-34)52-46(54)43-24-22-41(29-45(43)60-5)61-27-26-31(2)59-4/h6-25,28-29,31H,26-27H2,1-5H3,(H,51,53)(H,52,54). The second kappa shape index (κ2) is 21.7. The number of methoxy groups -OCH3 is 2. The summed E-state index contributed by atoms with van der Waals surface area (Å²) in [4.78, 5) is 75.6. The number of rotatable bonds is 17. The number of carbonyl (C=O) groups excluding carboxylic acids is 6. The molecule has 6 aromatic rings. The maximum Gasteiger partial charge on any atom is 0.343 e. The van der Waals surface area contributed by atoms with Crippen LogP contribution in [0.2, 0.25) is 0 Å². The van der Waals surface area contributed by atoms with Crippen molar-refractivity contribution in [3.63, 3.8) is 0 Å². The summed E-state index contributed by atoms with van der Waals surface area (Å²) in [5.74, 6) is -1.57. The van der Waals surface area contributed by atoms with E-state index in [1.54, 1.807) is 56.5 Å². The van der Waals surface area contributed by atoms with Gasteiger partial charge in [0.15, 0.2) is 0 Å². The molecule has 0 bridgehead atoms. The average Bonchev–Trinajstić information content (AvgIpc) is 3.30. The Morgan fingerprint density at radius 2 is 0.954 bits per heavy atom. The van der Waals surface area contributed by atoms with Crippen molar-refractivity contribution in [2.45, 2.75) is 33.3 Å². The van der Waals surface area contributed by atoms with Crippen LogP contribution in [0, 0.1) is 6.92 Å². The number of ether oxygens (including phenoxy) is 7. The zero-order valence-corrected chi connectivity index (χ0v) is 36.0. The lowest BCUT2D eigenvalue weighted by Gasteiger charge is -2.13. The topological polar surface area (TPSA) is 191 Å². The van der Waals surface area contributed by atoms with Crippen LogP contribution in [-0.4, -0.2) is 62.6 Å². The van der Waals surface area contributed by atoms with Crippen LogP contribution in [-0.2, 0) is 9.53 Å². The molecule has 65 heavy (non-hydrogen) atoms. The molecule has 0 heterocycles. The highest BCUT2D eigenvalue weighted by Crippen LogP contribution is 2.28. The molecule has 1 atom stereocenters. The molecular weight excluding hydrogens is 837 g/mol. The fourth-order valence-electron chi connectivity index (χ4n) is 5.97. The normalized spacial score (nSPS) is 11.0. The molecule has 0 aliphatic heterocycles. The highest BCUT2D eigenvalue weighted by atomic mass is 16.6. The number of nitrogens with one attached hydrogen (secondary N) is 2. The Morgan fingerprint density at radius 3 is 1.43 bits per heavy atom. The summed E-state index contributed by atoms with van der Waals surface area (Å²) in [5, 5.41) is 5.41. The minimum absolute atomic E-state index is 0.0505. The smallest absolute Gasteiger partial charge is 0.343 e. The lowest BCUT2D eigenvalue weighted by atomic mass is 10.1. The molecule has 0 saturated heterocycles. The number of anilines is 2. The molecule has 6 rings (SSSR count). The van der Waals surface area contributed by atoms with Crippen LogP contribution < -0.4 is 39.1 Å². The van der Waals surface area contributed by atoms with Gasteiger partial charge in [0.1, 0.15) is 34.5 Å². The van der Waals surface area contributed by atoms with E-state index in [9.17, 15) is 28.8 Å². The zero-order chi connectivity index (χ0) is 46.5. The molecule has 0 radical (unpaired) electrons. The van der Waals surface area contributed by atoms with Crippen molar-refractivity contribution in [3.8, 4) is 34.5 Å². The van der Waals surface area contributed by atoms with Gasteiger partial charge in [-0.25, -0.2) is 19.2 Å². The van der Waals surface area contributed by atoms with Crippen molar-refractivity contribution in [2.24, 2.45) is 0 Å². The van der Waals surface area contributed by atoms with Crippen LogP contribution in [0.1, 0.15) is 77.6 Å². The Hall–Kier alpha value is -8.30. The van der Waals surface area contributed by atoms with Gasteiger partial charge in [-0.2, -0.15) is 0 Å². The van der Waals surface area contributed by atoms with Gasteiger partial charge in [-0.05, 0) is 147 Å². The maximum atomic E-state index is 13.1. The number of benzene rings is 6. The van der Waals surface area contributed by atoms with Crippen molar-refractivity contribution < 1.29 is 61.9 Å². The van der Waals surface area contributed by atoms with E-state index in [0.717, 1.165) is 0 Å². The lowest BCUT2D eigenvalue weighted by molar-refractivity contribution is -0.114. The molecule has 0 aliphatic carbocycles. The highest BCUT2D eigenvalue weighted by Gasteiger charge is 2.18. The third-order valence-corrected chi connectivity index (χ3v) is 9.59. The zero-order valence-electron chi connectivity index (χ0n) is 36.0. The third-order valence-electron chi connectivity index (χ3n) is 9.59. The molecule has 15 nitrogen and oxygen atoms in total. The van der Waals surface area contributed by atoms with Crippen molar-refractivity contribution in [3.05, 3.63) is 167 Å². The van der Waals surface area contributed by atoms with Gasteiger partial charge in [-0.1, -0.05) is 0 Å². The maximum absolute atomic E-state index is 13.1. The molecule has 0 aromatic heterocycles. The number of amides is 2. The Morgan fingerprint density at radius 1 is 0.508 bits per heavy atom. The van der Waals surface area contributed by atoms with Crippen LogP contribution in [0.3, 0.4) is 0 Å².